The fraction of sp³-hybridized carbons (Fsp3) is 0.588. The van der Waals surface area contributed by atoms with Gasteiger partial charge in [0.15, 0.2) is 0 Å². The number of rotatable bonds is 2. The Balaban J connectivity index is 1.90. The third kappa shape index (κ3) is 2.85. The van der Waals surface area contributed by atoms with Gasteiger partial charge < -0.3 is 10.6 Å². The van der Waals surface area contributed by atoms with Gasteiger partial charge in [0.25, 0.3) is 0 Å². The summed E-state index contributed by atoms with van der Waals surface area (Å²) in [7, 11) is 3.81. The van der Waals surface area contributed by atoms with Gasteiger partial charge in [-0.2, -0.15) is 13.2 Å². The Labute approximate surface area is 139 Å². The number of hydrogen-bond acceptors (Lipinski definition) is 2. The first-order chi connectivity index (χ1) is 11.2. The fourth-order valence-corrected chi connectivity index (χ4v) is 4.00. The van der Waals surface area contributed by atoms with Gasteiger partial charge in [-0.15, -0.1) is 0 Å². The van der Waals surface area contributed by atoms with Crippen molar-refractivity contribution >= 4 is 6.03 Å². The van der Waals surface area contributed by atoms with Crippen LogP contribution in [0, 0.1) is 0 Å². The quantitative estimate of drug-likeness (QED) is 0.868. The van der Waals surface area contributed by atoms with Crippen molar-refractivity contribution in [3.63, 3.8) is 0 Å². The van der Waals surface area contributed by atoms with Crippen molar-refractivity contribution in [3.8, 4) is 0 Å². The van der Waals surface area contributed by atoms with Gasteiger partial charge in [-0.3, -0.25) is 4.90 Å². The predicted molar refractivity (Wildman–Crippen MR) is 84.5 cm³/mol. The van der Waals surface area contributed by atoms with Crippen molar-refractivity contribution in [1.29, 1.82) is 0 Å². The molecule has 3 rings (SSSR count). The second-order valence-electron chi connectivity index (χ2n) is 7.09. The molecule has 1 saturated carbocycles. The van der Waals surface area contributed by atoms with E-state index >= 15 is 0 Å². The zero-order valence-electron chi connectivity index (χ0n) is 13.8. The molecule has 0 aromatic heterocycles. The molecular formula is C17H22F3N3O. The van der Waals surface area contributed by atoms with Crippen LogP contribution in [0.25, 0.3) is 0 Å². The van der Waals surface area contributed by atoms with Gasteiger partial charge in [0.2, 0.25) is 0 Å². The maximum Gasteiger partial charge on any atom is 0.416 e. The Bertz CT molecular complexity index is 634. The maximum atomic E-state index is 13.1. The van der Waals surface area contributed by atoms with Gasteiger partial charge in [-0.25, -0.2) is 4.79 Å². The van der Waals surface area contributed by atoms with E-state index in [0.717, 1.165) is 18.9 Å². The van der Waals surface area contributed by atoms with E-state index in [1.54, 1.807) is 6.07 Å². The zero-order valence-corrected chi connectivity index (χ0v) is 13.8. The third-order valence-electron chi connectivity index (χ3n) is 5.58. The van der Waals surface area contributed by atoms with E-state index in [9.17, 15) is 18.0 Å². The van der Waals surface area contributed by atoms with Crippen LogP contribution in [0.1, 0.15) is 36.8 Å². The monoisotopic (exact) mass is 341 g/mol. The Morgan fingerprint density at radius 1 is 1.12 bits per heavy atom. The van der Waals surface area contributed by atoms with Gasteiger partial charge >= 0.3 is 12.2 Å². The van der Waals surface area contributed by atoms with E-state index in [1.165, 1.54) is 12.1 Å². The number of halogens is 3. The zero-order chi connectivity index (χ0) is 17.6. The first kappa shape index (κ1) is 17.1. The van der Waals surface area contributed by atoms with E-state index < -0.39 is 17.3 Å². The van der Waals surface area contributed by atoms with E-state index in [1.807, 2.05) is 19.0 Å². The molecule has 1 aromatic carbocycles. The largest absolute Gasteiger partial charge is 0.416 e. The molecule has 2 fully saturated rings. The predicted octanol–water partition coefficient (Wildman–Crippen LogP) is 3.09. The highest BCUT2D eigenvalue weighted by molar-refractivity contribution is 5.77. The van der Waals surface area contributed by atoms with E-state index in [4.69, 9.17) is 0 Å². The molecule has 4 nitrogen and oxygen atoms in total. The topological polar surface area (TPSA) is 44.4 Å². The number of benzene rings is 1. The summed E-state index contributed by atoms with van der Waals surface area (Å²) in [4.78, 5) is 13.5. The highest BCUT2D eigenvalue weighted by atomic mass is 19.4. The molecule has 1 saturated heterocycles. The van der Waals surface area contributed by atoms with Crippen LogP contribution in [0.15, 0.2) is 24.3 Å². The SMILES string of the molecule is CN(C)[C@]1(c2cccc(C(F)(F)F)c2)CC[C@]2(CC1)CNC(=O)N2. The van der Waals surface area contributed by atoms with Gasteiger partial charge in [-0.1, -0.05) is 12.1 Å². The smallest absolute Gasteiger partial charge is 0.336 e. The van der Waals surface area contributed by atoms with Crippen LogP contribution < -0.4 is 10.6 Å². The molecule has 1 aliphatic carbocycles. The number of alkyl halides is 3. The van der Waals surface area contributed by atoms with E-state index in [0.29, 0.717) is 24.9 Å². The molecule has 2 aliphatic rings. The summed E-state index contributed by atoms with van der Waals surface area (Å²) < 4.78 is 39.2. The molecule has 7 heteroatoms. The van der Waals surface area contributed by atoms with Crippen LogP contribution in [0.4, 0.5) is 18.0 Å². The van der Waals surface area contributed by atoms with Gasteiger partial charge in [0.1, 0.15) is 0 Å². The molecule has 0 unspecified atom stereocenters. The number of hydrogen-bond donors (Lipinski definition) is 2. The van der Waals surface area contributed by atoms with Crippen molar-refractivity contribution in [1.82, 2.24) is 15.5 Å². The highest BCUT2D eigenvalue weighted by Crippen LogP contribution is 2.46. The first-order valence-electron chi connectivity index (χ1n) is 8.08. The Morgan fingerprint density at radius 2 is 1.79 bits per heavy atom. The summed E-state index contributed by atoms with van der Waals surface area (Å²) in [6.07, 6.45) is -1.48. The maximum absolute atomic E-state index is 13.1. The molecule has 1 aromatic rings. The van der Waals surface area contributed by atoms with Gasteiger partial charge in [0.05, 0.1) is 11.1 Å². The molecule has 0 bridgehead atoms. The number of nitrogens with zero attached hydrogens (tertiary/aromatic N) is 1. The summed E-state index contributed by atoms with van der Waals surface area (Å²) in [5.41, 5.74) is -0.635. The van der Waals surface area contributed by atoms with Crippen LogP contribution in [0.3, 0.4) is 0 Å². The van der Waals surface area contributed by atoms with E-state index in [-0.39, 0.29) is 11.6 Å². The third-order valence-corrected chi connectivity index (χ3v) is 5.58. The van der Waals surface area contributed by atoms with E-state index in [2.05, 4.69) is 10.6 Å². The molecular weight excluding hydrogens is 319 g/mol. The molecule has 1 spiro atoms. The van der Waals surface area contributed by atoms with Crippen LogP contribution in [0.5, 0.6) is 0 Å². The lowest BCUT2D eigenvalue weighted by atomic mass is 9.68. The van der Waals surface area contributed by atoms with Gasteiger partial charge in [-0.05, 0) is 57.5 Å². The molecule has 24 heavy (non-hydrogen) atoms. The number of amides is 2. The molecule has 132 valence electrons. The lowest BCUT2D eigenvalue weighted by molar-refractivity contribution is -0.137. The van der Waals surface area contributed by atoms with Crippen molar-refractivity contribution in [3.05, 3.63) is 35.4 Å². The first-order valence-corrected chi connectivity index (χ1v) is 8.08. The Kier molecular flexibility index (Phi) is 4.02. The van der Waals surface area contributed by atoms with Gasteiger partial charge in [0, 0.05) is 12.1 Å². The minimum absolute atomic E-state index is 0.161. The van der Waals surface area contributed by atoms with Crippen LogP contribution in [-0.2, 0) is 11.7 Å². The molecule has 1 aliphatic heterocycles. The Hall–Kier alpha value is -1.76. The number of carbonyl (C=O) groups excluding carboxylic acids is 1. The summed E-state index contributed by atoms with van der Waals surface area (Å²) >= 11 is 0. The number of urea groups is 1. The second kappa shape index (κ2) is 5.65. The molecule has 0 radical (unpaired) electrons. The van der Waals surface area contributed by atoms with Crippen molar-refractivity contribution in [2.75, 3.05) is 20.6 Å². The van der Waals surface area contributed by atoms with Crippen molar-refractivity contribution in [2.24, 2.45) is 0 Å². The summed E-state index contributed by atoms with van der Waals surface area (Å²) in [5.74, 6) is 0. The van der Waals surface area contributed by atoms with Crippen molar-refractivity contribution < 1.29 is 18.0 Å². The molecule has 2 N–H and O–H groups in total. The fourth-order valence-electron chi connectivity index (χ4n) is 4.00. The minimum atomic E-state index is -4.34. The van der Waals surface area contributed by atoms with Crippen LogP contribution in [-0.4, -0.2) is 37.1 Å². The van der Waals surface area contributed by atoms with Crippen molar-refractivity contribution in [2.45, 2.75) is 42.9 Å². The lowest BCUT2D eigenvalue weighted by Crippen LogP contribution is -2.54. The number of nitrogens with one attached hydrogen (secondary N) is 2. The minimum Gasteiger partial charge on any atom is -0.336 e. The second-order valence-corrected chi connectivity index (χ2v) is 7.09. The molecule has 1 heterocycles. The molecule has 2 amide bonds. The normalized spacial score (nSPS) is 30.5. The Morgan fingerprint density at radius 3 is 2.29 bits per heavy atom. The highest BCUT2D eigenvalue weighted by Gasteiger charge is 2.48. The summed E-state index contributed by atoms with van der Waals surface area (Å²) in [6.45, 7) is 0.581. The summed E-state index contributed by atoms with van der Waals surface area (Å²) in [5, 5.41) is 5.78. The summed E-state index contributed by atoms with van der Waals surface area (Å²) in [6, 6.07) is 5.47. The standard InChI is InChI=1S/C17H22F3N3O/c1-23(2)16(12-4-3-5-13(10-12)17(18,19)20)8-6-15(7-9-16)11-21-14(24)22-15/h3-5,10H,6-9,11H2,1-2H3,(H2,21,22,24)/t15-,16+. The van der Waals surface area contributed by atoms with Crippen LogP contribution in [0.2, 0.25) is 0 Å². The van der Waals surface area contributed by atoms with Crippen LogP contribution >= 0.6 is 0 Å². The molecule has 0 atom stereocenters. The average Bonchev–Trinajstić information content (AvgIpc) is 2.88. The average molecular weight is 341 g/mol. The lowest BCUT2D eigenvalue weighted by Gasteiger charge is -2.48. The number of carbonyl (C=O) groups is 1.